The molecule has 1 unspecified atom stereocenters. The maximum atomic E-state index is 5.94. The molecule has 0 spiro atoms. The number of nitrogens with one attached hydrogen (secondary N) is 1. The van der Waals surface area contributed by atoms with Gasteiger partial charge in [-0.25, -0.2) is 9.97 Å². The van der Waals surface area contributed by atoms with Crippen molar-refractivity contribution in [2.45, 2.75) is 12.3 Å². The summed E-state index contributed by atoms with van der Waals surface area (Å²) in [7, 11) is 1.63. The number of hydrogen-bond donors (Lipinski definition) is 1. The van der Waals surface area contributed by atoms with Crippen LogP contribution in [0.1, 0.15) is 5.69 Å². The van der Waals surface area contributed by atoms with Gasteiger partial charge in [-0.3, -0.25) is 0 Å². The summed E-state index contributed by atoms with van der Waals surface area (Å²) in [6.07, 6.45) is 1.53. The molecule has 0 fully saturated rings. The third-order valence-corrected chi connectivity index (χ3v) is 1.94. The second kappa shape index (κ2) is 5.78. The van der Waals surface area contributed by atoms with E-state index >= 15 is 0 Å². The van der Waals surface area contributed by atoms with E-state index in [0.717, 1.165) is 11.5 Å². The Morgan fingerprint density at radius 3 is 3.00 bits per heavy atom. The smallest absolute Gasteiger partial charge is 0.129 e. The molecule has 1 atom stereocenters. The first-order valence-electron chi connectivity index (χ1n) is 4.38. The van der Waals surface area contributed by atoms with Crippen molar-refractivity contribution in [3.8, 4) is 0 Å². The van der Waals surface area contributed by atoms with Gasteiger partial charge in [0.2, 0.25) is 0 Å². The Hall–Kier alpha value is -0.870. The van der Waals surface area contributed by atoms with Gasteiger partial charge in [-0.15, -0.1) is 11.6 Å². The zero-order valence-corrected chi connectivity index (χ0v) is 9.08. The minimum Gasteiger partial charge on any atom is -0.383 e. The Labute approximate surface area is 88.7 Å². The van der Waals surface area contributed by atoms with Gasteiger partial charge in [0.25, 0.3) is 0 Å². The van der Waals surface area contributed by atoms with Crippen LogP contribution in [0.3, 0.4) is 0 Å². The van der Waals surface area contributed by atoms with Crippen LogP contribution in [-0.2, 0) is 4.74 Å². The molecule has 0 radical (unpaired) electrons. The predicted molar refractivity (Wildman–Crippen MR) is 56.8 cm³/mol. The number of ether oxygens (including phenoxy) is 1. The lowest BCUT2D eigenvalue weighted by Gasteiger charge is -2.09. The maximum absolute atomic E-state index is 5.94. The van der Waals surface area contributed by atoms with E-state index in [1.807, 2.05) is 13.0 Å². The maximum Gasteiger partial charge on any atom is 0.129 e. The molecule has 0 aliphatic heterocycles. The Morgan fingerprint density at radius 1 is 1.57 bits per heavy atom. The molecular weight excluding hydrogens is 202 g/mol. The van der Waals surface area contributed by atoms with Gasteiger partial charge >= 0.3 is 0 Å². The normalized spacial score (nSPS) is 12.5. The van der Waals surface area contributed by atoms with Gasteiger partial charge in [-0.1, -0.05) is 0 Å². The first kappa shape index (κ1) is 11.2. The molecule has 1 heterocycles. The van der Waals surface area contributed by atoms with Crippen LogP contribution in [0, 0.1) is 6.92 Å². The van der Waals surface area contributed by atoms with Crippen molar-refractivity contribution in [1.29, 1.82) is 0 Å². The predicted octanol–water partition coefficient (Wildman–Crippen LogP) is 1.45. The molecule has 78 valence electrons. The second-order valence-corrected chi connectivity index (χ2v) is 3.60. The van der Waals surface area contributed by atoms with E-state index < -0.39 is 0 Å². The summed E-state index contributed by atoms with van der Waals surface area (Å²) in [5, 5.41) is 3.06. The Balaban J connectivity index is 2.37. The summed E-state index contributed by atoms with van der Waals surface area (Å²) in [6.45, 7) is 3.07. The van der Waals surface area contributed by atoms with Gasteiger partial charge in [0.1, 0.15) is 12.1 Å². The average molecular weight is 216 g/mol. The molecule has 0 saturated heterocycles. The van der Waals surface area contributed by atoms with Gasteiger partial charge in [0.15, 0.2) is 0 Å². The van der Waals surface area contributed by atoms with Crippen LogP contribution >= 0.6 is 11.6 Å². The highest BCUT2D eigenvalue weighted by Crippen LogP contribution is 2.04. The molecule has 1 aromatic rings. The van der Waals surface area contributed by atoms with E-state index in [1.165, 1.54) is 6.33 Å². The van der Waals surface area contributed by atoms with Crippen molar-refractivity contribution in [1.82, 2.24) is 9.97 Å². The lowest BCUT2D eigenvalue weighted by atomic mass is 10.4. The number of rotatable bonds is 5. The lowest BCUT2D eigenvalue weighted by Crippen LogP contribution is -2.19. The van der Waals surface area contributed by atoms with Crippen molar-refractivity contribution >= 4 is 17.4 Å². The monoisotopic (exact) mass is 215 g/mol. The summed E-state index contributed by atoms with van der Waals surface area (Å²) in [4.78, 5) is 8.04. The van der Waals surface area contributed by atoms with E-state index in [1.54, 1.807) is 7.11 Å². The van der Waals surface area contributed by atoms with Gasteiger partial charge in [0.05, 0.1) is 12.0 Å². The number of halogens is 1. The van der Waals surface area contributed by atoms with Crippen LogP contribution in [0.25, 0.3) is 0 Å². The van der Waals surface area contributed by atoms with Crippen LogP contribution in [0.15, 0.2) is 12.4 Å². The summed E-state index contributed by atoms with van der Waals surface area (Å²) < 4.78 is 4.91. The van der Waals surface area contributed by atoms with E-state index in [4.69, 9.17) is 16.3 Å². The topological polar surface area (TPSA) is 47.0 Å². The van der Waals surface area contributed by atoms with Crippen molar-refractivity contribution in [2.75, 3.05) is 25.6 Å². The van der Waals surface area contributed by atoms with Crippen LogP contribution < -0.4 is 5.32 Å². The first-order chi connectivity index (χ1) is 6.72. The Kier molecular flexibility index (Phi) is 4.62. The number of alkyl halides is 1. The third kappa shape index (κ3) is 3.89. The standard InChI is InChI=1S/C9H14ClN3O/c1-7-3-9(13-6-12-7)11-4-8(10)5-14-2/h3,6,8H,4-5H2,1-2H3,(H,11,12,13). The van der Waals surface area contributed by atoms with Crippen LogP contribution in [0.5, 0.6) is 0 Å². The quantitative estimate of drug-likeness (QED) is 0.756. The average Bonchev–Trinajstić information content (AvgIpc) is 2.15. The fraction of sp³-hybridized carbons (Fsp3) is 0.556. The molecule has 0 aromatic carbocycles. The molecule has 1 N–H and O–H groups in total. The lowest BCUT2D eigenvalue weighted by molar-refractivity contribution is 0.200. The minimum atomic E-state index is -0.0460. The molecule has 1 rings (SSSR count). The van der Waals surface area contributed by atoms with Gasteiger partial charge in [-0.05, 0) is 6.92 Å². The van der Waals surface area contributed by atoms with E-state index in [-0.39, 0.29) is 5.38 Å². The van der Waals surface area contributed by atoms with Gasteiger partial charge < -0.3 is 10.1 Å². The largest absolute Gasteiger partial charge is 0.383 e. The number of aryl methyl sites for hydroxylation is 1. The van der Waals surface area contributed by atoms with E-state index in [9.17, 15) is 0 Å². The molecule has 1 aromatic heterocycles. The molecule has 0 amide bonds. The fourth-order valence-corrected chi connectivity index (χ4v) is 1.21. The van der Waals surface area contributed by atoms with Crippen molar-refractivity contribution < 1.29 is 4.74 Å². The number of anilines is 1. The summed E-state index contributed by atoms with van der Waals surface area (Å²) >= 11 is 5.94. The molecule has 4 nitrogen and oxygen atoms in total. The number of nitrogens with zero attached hydrogens (tertiary/aromatic N) is 2. The minimum absolute atomic E-state index is 0.0460. The van der Waals surface area contributed by atoms with Gasteiger partial charge in [0, 0.05) is 25.4 Å². The molecule has 14 heavy (non-hydrogen) atoms. The SMILES string of the molecule is COCC(Cl)CNc1cc(C)ncn1. The molecule has 5 heteroatoms. The molecule has 0 bridgehead atoms. The van der Waals surface area contributed by atoms with Crippen LogP contribution in [0.4, 0.5) is 5.82 Å². The highest BCUT2D eigenvalue weighted by Gasteiger charge is 2.03. The zero-order valence-electron chi connectivity index (χ0n) is 8.33. The van der Waals surface area contributed by atoms with Crippen LogP contribution in [0.2, 0.25) is 0 Å². The third-order valence-electron chi connectivity index (χ3n) is 1.66. The highest BCUT2D eigenvalue weighted by molar-refractivity contribution is 6.21. The van der Waals surface area contributed by atoms with Crippen molar-refractivity contribution in [3.63, 3.8) is 0 Å². The van der Waals surface area contributed by atoms with E-state index in [2.05, 4.69) is 15.3 Å². The van der Waals surface area contributed by atoms with Crippen molar-refractivity contribution in [2.24, 2.45) is 0 Å². The highest BCUT2D eigenvalue weighted by atomic mass is 35.5. The summed E-state index contributed by atoms with van der Waals surface area (Å²) in [6, 6.07) is 1.87. The fourth-order valence-electron chi connectivity index (χ4n) is 1.01. The summed E-state index contributed by atoms with van der Waals surface area (Å²) in [5.74, 6) is 0.791. The van der Waals surface area contributed by atoms with Crippen molar-refractivity contribution in [3.05, 3.63) is 18.1 Å². The Morgan fingerprint density at radius 2 is 2.36 bits per heavy atom. The zero-order chi connectivity index (χ0) is 10.4. The van der Waals surface area contributed by atoms with Gasteiger partial charge in [-0.2, -0.15) is 0 Å². The number of aromatic nitrogens is 2. The Bertz CT molecular complexity index is 283. The van der Waals surface area contributed by atoms with Crippen LogP contribution in [-0.4, -0.2) is 35.6 Å². The molecule has 0 aliphatic rings. The first-order valence-corrected chi connectivity index (χ1v) is 4.81. The number of hydrogen-bond acceptors (Lipinski definition) is 4. The number of methoxy groups -OCH3 is 1. The second-order valence-electron chi connectivity index (χ2n) is 2.98. The molecule has 0 saturated carbocycles. The molecule has 0 aliphatic carbocycles. The molecular formula is C9H14ClN3O. The summed E-state index contributed by atoms with van der Waals surface area (Å²) in [5.41, 5.74) is 0.931. The van der Waals surface area contributed by atoms with E-state index in [0.29, 0.717) is 13.2 Å².